The van der Waals surface area contributed by atoms with Crippen molar-refractivity contribution >= 4 is 18.4 Å². The lowest BCUT2D eigenvalue weighted by Crippen LogP contribution is -2.00. The van der Waals surface area contributed by atoms with Crippen LogP contribution in [0.15, 0.2) is 11.2 Å². The molecule has 1 aliphatic rings. The van der Waals surface area contributed by atoms with Gasteiger partial charge in [-0.1, -0.05) is 0 Å². The molecular formula is C13H17N5S. The summed E-state index contributed by atoms with van der Waals surface area (Å²) in [5.74, 6) is 0.761. The number of H-pyrrole nitrogens is 1. The van der Waals surface area contributed by atoms with E-state index in [2.05, 4.69) is 39.8 Å². The summed E-state index contributed by atoms with van der Waals surface area (Å²) < 4.78 is 4.56. The highest BCUT2D eigenvalue weighted by molar-refractivity contribution is 7.71. The summed E-state index contributed by atoms with van der Waals surface area (Å²) in [5, 5.41) is 11.2. The number of nitrogens with zero attached hydrogens (tertiary/aromatic N) is 4. The average Bonchev–Trinajstić information content (AvgIpc) is 3.08. The highest BCUT2D eigenvalue weighted by Crippen LogP contribution is 2.38. The van der Waals surface area contributed by atoms with Crippen LogP contribution in [0.1, 0.15) is 41.7 Å². The van der Waals surface area contributed by atoms with Crippen molar-refractivity contribution < 1.29 is 0 Å². The molecule has 0 aromatic carbocycles. The van der Waals surface area contributed by atoms with Gasteiger partial charge >= 0.3 is 0 Å². The molecule has 1 N–H and O–H groups in total. The predicted molar refractivity (Wildman–Crippen MR) is 77.3 cm³/mol. The molecule has 1 aliphatic carbocycles. The number of aromatic nitrogens is 4. The van der Waals surface area contributed by atoms with Crippen LogP contribution in [-0.4, -0.2) is 25.7 Å². The van der Waals surface area contributed by atoms with Crippen molar-refractivity contribution in [2.45, 2.75) is 39.7 Å². The van der Waals surface area contributed by atoms with Crippen molar-refractivity contribution in [2.75, 3.05) is 0 Å². The maximum Gasteiger partial charge on any atom is 0.216 e. The summed E-state index contributed by atoms with van der Waals surface area (Å²) in [6.07, 6.45) is 4.44. The Bertz CT molecular complexity index is 699. The van der Waals surface area contributed by atoms with Gasteiger partial charge in [-0.15, -0.1) is 0 Å². The van der Waals surface area contributed by atoms with Gasteiger partial charge in [0.15, 0.2) is 0 Å². The molecule has 100 valence electrons. The number of rotatable bonds is 3. The fraction of sp³-hybridized carbons (Fsp3) is 0.462. The fourth-order valence-corrected chi connectivity index (χ4v) is 2.68. The Labute approximate surface area is 117 Å². The Balaban J connectivity index is 1.96. The van der Waals surface area contributed by atoms with Gasteiger partial charge < -0.3 is 4.57 Å². The van der Waals surface area contributed by atoms with Crippen molar-refractivity contribution in [1.29, 1.82) is 0 Å². The van der Waals surface area contributed by atoms with E-state index >= 15 is 0 Å². The van der Waals surface area contributed by atoms with E-state index in [0.29, 0.717) is 10.8 Å². The molecule has 0 amide bonds. The molecule has 19 heavy (non-hydrogen) atoms. The molecule has 3 rings (SSSR count). The lowest BCUT2D eigenvalue weighted by Gasteiger charge is -2.06. The minimum absolute atomic E-state index is 0.518. The first kappa shape index (κ1) is 12.3. The Hall–Kier alpha value is -1.69. The van der Waals surface area contributed by atoms with Gasteiger partial charge in [0.25, 0.3) is 0 Å². The molecule has 0 bridgehead atoms. The third-order valence-electron chi connectivity index (χ3n) is 3.56. The molecule has 2 aromatic rings. The molecule has 2 heterocycles. The molecule has 0 unspecified atom stereocenters. The summed E-state index contributed by atoms with van der Waals surface area (Å²) >= 11 is 5.13. The predicted octanol–water partition coefficient (Wildman–Crippen LogP) is 2.88. The highest BCUT2D eigenvalue weighted by atomic mass is 32.1. The zero-order valence-corrected chi connectivity index (χ0v) is 12.2. The molecule has 0 atom stereocenters. The van der Waals surface area contributed by atoms with Gasteiger partial charge in [0.1, 0.15) is 5.82 Å². The molecule has 1 saturated carbocycles. The van der Waals surface area contributed by atoms with Gasteiger partial charge in [0, 0.05) is 23.0 Å². The van der Waals surface area contributed by atoms with Crippen LogP contribution in [0.4, 0.5) is 0 Å². The molecule has 0 radical (unpaired) electrons. The van der Waals surface area contributed by atoms with Crippen molar-refractivity contribution in [2.24, 2.45) is 5.10 Å². The zero-order chi connectivity index (χ0) is 13.6. The summed E-state index contributed by atoms with van der Waals surface area (Å²) in [6, 6.07) is 2.87. The monoisotopic (exact) mass is 275 g/mol. The Morgan fingerprint density at radius 3 is 2.74 bits per heavy atom. The van der Waals surface area contributed by atoms with Gasteiger partial charge in [-0.2, -0.15) is 14.9 Å². The van der Waals surface area contributed by atoms with E-state index in [4.69, 9.17) is 12.2 Å². The lowest BCUT2D eigenvalue weighted by molar-refractivity contribution is 0.699. The highest BCUT2D eigenvalue weighted by Gasteiger charge is 2.26. The van der Waals surface area contributed by atoms with Gasteiger partial charge in [-0.05, 0) is 51.9 Å². The van der Waals surface area contributed by atoms with E-state index in [1.807, 2.05) is 13.1 Å². The molecule has 5 nitrogen and oxygen atoms in total. The van der Waals surface area contributed by atoms with E-state index < -0.39 is 0 Å². The molecular weight excluding hydrogens is 258 g/mol. The maximum atomic E-state index is 5.13. The average molecular weight is 275 g/mol. The molecule has 0 aliphatic heterocycles. The van der Waals surface area contributed by atoms with Crippen LogP contribution in [0.5, 0.6) is 0 Å². The third-order valence-corrected chi connectivity index (χ3v) is 3.82. The van der Waals surface area contributed by atoms with Crippen molar-refractivity contribution in [1.82, 2.24) is 19.4 Å². The second-order valence-electron chi connectivity index (χ2n) is 5.06. The quantitative estimate of drug-likeness (QED) is 0.691. The number of aromatic amines is 1. The van der Waals surface area contributed by atoms with E-state index in [9.17, 15) is 0 Å². The first-order valence-electron chi connectivity index (χ1n) is 6.44. The molecule has 0 spiro atoms. The number of hydrogen-bond acceptors (Lipinski definition) is 3. The third kappa shape index (κ3) is 2.16. The second kappa shape index (κ2) is 4.45. The van der Waals surface area contributed by atoms with Crippen molar-refractivity contribution in [3.8, 4) is 0 Å². The number of aryl methyl sites for hydroxylation is 2. The first-order chi connectivity index (χ1) is 9.08. The van der Waals surface area contributed by atoms with Crippen molar-refractivity contribution in [3.05, 3.63) is 33.6 Å². The summed E-state index contributed by atoms with van der Waals surface area (Å²) in [7, 11) is 0. The van der Waals surface area contributed by atoms with Crippen LogP contribution in [0.3, 0.4) is 0 Å². The maximum absolute atomic E-state index is 5.13. The normalized spacial score (nSPS) is 15.5. The number of hydrogen-bond donors (Lipinski definition) is 1. The van der Waals surface area contributed by atoms with Crippen LogP contribution in [0, 0.1) is 25.5 Å². The van der Waals surface area contributed by atoms with Crippen LogP contribution in [-0.2, 0) is 0 Å². The van der Waals surface area contributed by atoms with Crippen LogP contribution >= 0.6 is 12.2 Å². The fourth-order valence-electron chi connectivity index (χ4n) is 2.45. The largest absolute Gasteiger partial charge is 0.345 e. The van der Waals surface area contributed by atoms with Gasteiger partial charge in [0.05, 0.1) is 6.21 Å². The van der Waals surface area contributed by atoms with Crippen LogP contribution in [0.25, 0.3) is 0 Å². The van der Waals surface area contributed by atoms with E-state index in [-0.39, 0.29) is 0 Å². The number of nitrogens with one attached hydrogen (secondary N) is 1. The minimum Gasteiger partial charge on any atom is -0.345 e. The van der Waals surface area contributed by atoms with E-state index in [1.165, 1.54) is 24.2 Å². The molecule has 6 heteroatoms. The van der Waals surface area contributed by atoms with Crippen LogP contribution in [0.2, 0.25) is 0 Å². The smallest absolute Gasteiger partial charge is 0.216 e. The Morgan fingerprint density at radius 2 is 2.16 bits per heavy atom. The van der Waals surface area contributed by atoms with E-state index in [0.717, 1.165) is 11.4 Å². The molecule has 0 saturated heterocycles. The molecule has 2 aromatic heterocycles. The Morgan fingerprint density at radius 1 is 1.42 bits per heavy atom. The summed E-state index contributed by atoms with van der Waals surface area (Å²) in [6.45, 7) is 6.17. The summed E-state index contributed by atoms with van der Waals surface area (Å²) in [4.78, 5) is 0. The lowest BCUT2D eigenvalue weighted by atomic mass is 10.3. The van der Waals surface area contributed by atoms with Gasteiger partial charge in [-0.25, -0.2) is 0 Å². The second-order valence-corrected chi connectivity index (χ2v) is 5.45. The SMILES string of the molecule is Cc1cc(/C=N\n2c(C)n[nH]c2=S)c(C)n1C1CC1. The van der Waals surface area contributed by atoms with Crippen LogP contribution < -0.4 is 0 Å². The van der Waals surface area contributed by atoms with Gasteiger partial charge in [-0.3, -0.25) is 5.10 Å². The topological polar surface area (TPSA) is 50.9 Å². The Kier molecular flexibility index (Phi) is 2.89. The van der Waals surface area contributed by atoms with E-state index in [1.54, 1.807) is 4.68 Å². The summed E-state index contributed by atoms with van der Waals surface area (Å²) in [5.41, 5.74) is 3.72. The first-order valence-corrected chi connectivity index (χ1v) is 6.85. The standard InChI is InChI=1S/C13H17N5S/c1-8-6-11(9(2)17(8)12-4-5-12)7-14-18-10(3)15-16-13(18)19/h6-7,12H,4-5H2,1-3H3,(H,16,19)/b14-7-. The zero-order valence-electron chi connectivity index (χ0n) is 11.3. The van der Waals surface area contributed by atoms with Crippen molar-refractivity contribution in [3.63, 3.8) is 0 Å². The minimum atomic E-state index is 0.518. The molecule has 1 fully saturated rings. The van der Waals surface area contributed by atoms with Gasteiger partial charge in [0.2, 0.25) is 4.77 Å².